The van der Waals surface area contributed by atoms with Gasteiger partial charge in [-0.1, -0.05) is 133 Å². The molecular formula is C45H28BN5. The molecule has 0 unspecified atom stereocenters. The Morgan fingerprint density at radius 2 is 1.02 bits per heavy atom. The van der Waals surface area contributed by atoms with Gasteiger partial charge in [0.15, 0.2) is 17.5 Å². The number of benzene rings is 7. The van der Waals surface area contributed by atoms with E-state index in [1.165, 1.54) is 49.5 Å². The van der Waals surface area contributed by atoms with Crippen molar-refractivity contribution in [3.05, 3.63) is 170 Å². The minimum Gasteiger partial charge on any atom is -0.375 e. The van der Waals surface area contributed by atoms with Crippen molar-refractivity contribution in [1.29, 1.82) is 0 Å². The first kappa shape index (κ1) is 28.1. The second-order valence-electron chi connectivity index (χ2n) is 13.2. The van der Waals surface area contributed by atoms with E-state index in [4.69, 9.17) is 15.0 Å². The third-order valence-electron chi connectivity index (χ3n) is 10.4. The molecule has 0 saturated heterocycles. The van der Waals surface area contributed by atoms with Crippen LogP contribution in [0, 0.1) is 0 Å². The quantitative estimate of drug-likeness (QED) is 0.178. The van der Waals surface area contributed by atoms with Gasteiger partial charge >= 0.3 is 6.85 Å². The number of aromatic nitrogens is 4. The highest BCUT2D eigenvalue weighted by Gasteiger charge is 2.42. The highest BCUT2D eigenvalue weighted by molar-refractivity contribution is 6.90. The largest absolute Gasteiger partial charge is 0.375 e. The maximum absolute atomic E-state index is 5.18. The molecule has 2 aromatic heterocycles. The third kappa shape index (κ3) is 4.14. The molecule has 0 fully saturated rings. The Labute approximate surface area is 295 Å². The predicted octanol–water partition coefficient (Wildman–Crippen LogP) is 9.40. The molecule has 9 aromatic rings. The minimum absolute atomic E-state index is 0.0179. The van der Waals surface area contributed by atoms with E-state index in [-0.39, 0.29) is 6.85 Å². The van der Waals surface area contributed by atoms with Crippen LogP contribution in [0.4, 0.5) is 17.1 Å². The summed E-state index contributed by atoms with van der Waals surface area (Å²) in [7, 11) is 0. The topological polar surface area (TPSA) is 46.8 Å². The highest BCUT2D eigenvalue weighted by Crippen LogP contribution is 2.46. The Bertz CT molecular complexity index is 2760. The average molecular weight is 650 g/mol. The van der Waals surface area contributed by atoms with Crippen molar-refractivity contribution >= 4 is 56.6 Å². The molecule has 5 nitrogen and oxygen atoms in total. The van der Waals surface area contributed by atoms with E-state index in [2.05, 4.69) is 143 Å². The smallest absolute Gasteiger partial charge is 0.333 e. The molecule has 51 heavy (non-hydrogen) atoms. The molecule has 2 aliphatic heterocycles. The van der Waals surface area contributed by atoms with Crippen LogP contribution in [0.5, 0.6) is 0 Å². The van der Waals surface area contributed by atoms with Crippen molar-refractivity contribution in [3.63, 3.8) is 0 Å². The van der Waals surface area contributed by atoms with Crippen LogP contribution in [-0.4, -0.2) is 26.3 Å². The van der Waals surface area contributed by atoms with Gasteiger partial charge < -0.3 is 9.38 Å². The Kier molecular flexibility index (Phi) is 5.98. The fourth-order valence-corrected chi connectivity index (χ4v) is 8.27. The zero-order valence-electron chi connectivity index (χ0n) is 27.5. The Hall–Kier alpha value is -6.79. The summed E-state index contributed by atoms with van der Waals surface area (Å²) < 4.78 is 2.58. The molecule has 0 spiro atoms. The minimum atomic E-state index is -0.0179. The molecule has 0 amide bonds. The highest BCUT2D eigenvalue weighted by atomic mass is 15.2. The summed E-state index contributed by atoms with van der Waals surface area (Å²) in [5, 5.41) is 2.53. The Morgan fingerprint density at radius 1 is 0.431 bits per heavy atom. The van der Waals surface area contributed by atoms with Gasteiger partial charge in [0.25, 0.3) is 0 Å². The SMILES string of the molecule is c1ccc(-c2nc(-c3ccccc3)nc(-c3cc4c5c(c3)N(c3ccccc3)c3ccccc3B5n3c5ccccc5c5cccc-4c53)n2)cc1. The molecule has 0 N–H and O–H groups in total. The van der Waals surface area contributed by atoms with E-state index in [9.17, 15) is 0 Å². The fourth-order valence-electron chi connectivity index (χ4n) is 8.27. The molecule has 0 atom stereocenters. The van der Waals surface area contributed by atoms with E-state index in [1.54, 1.807) is 0 Å². The van der Waals surface area contributed by atoms with Gasteiger partial charge in [-0.05, 0) is 52.9 Å². The first-order chi connectivity index (χ1) is 25.3. The molecule has 0 saturated carbocycles. The maximum atomic E-state index is 5.18. The summed E-state index contributed by atoms with van der Waals surface area (Å²) in [6, 6.07) is 60.1. The van der Waals surface area contributed by atoms with Crippen LogP contribution >= 0.6 is 0 Å². The van der Waals surface area contributed by atoms with Crippen molar-refractivity contribution in [1.82, 2.24) is 19.4 Å². The number of anilines is 3. The van der Waals surface area contributed by atoms with Crippen LogP contribution in [0.1, 0.15) is 0 Å². The molecule has 7 aromatic carbocycles. The zero-order chi connectivity index (χ0) is 33.5. The van der Waals surface area contributed by atoms with Gasteiger partial charge in [0.2, 0.25) is 0 Å². The number of para-hydroxylation sites is 4. The first-order valence-electron chi connectivity index (χ1n) is 17.3. The third-order valence-corrected chi connectivity index (χ3v) is 10.4. The molecule has 0 bridgehead atoms. The summed E-state index contributed by atoms with van der Waals surface area (Å²) in [6.45, 7) is -0.0179. The van der Waals surface area contributed by atoms with E-state index in [1.807, 2.05) is 36.4 Å². The fraction of sp³-hybridized carbons (Fsp3) is 0. The number of fused-ring (bicyclic) bond motifs is 7. The van der Waals surface area contributed by atoms with E-state index < -0.39 is 0 Å². The lowest BCUT2D eigenvalue weighted by Crippen LogP contribution is -2.56. The summed E-state index contributed by atoms with van der Waals surface area (Å²) in [5.74, 6) is 1.94. The molecule has 6 heteroatoms. The monoisotopic (exact) mass is 649 g/mol. The van der Waals surface area contributed by atoms with E-state index in [0.717, 1.165) is 28.1 Å². The normalized spacial score (nSPS) is 12.6. The summed E-state index contributed by atoms with van der Waals surface area (Å²) in [5.41, 5.74) is 13.7. The van der Waals surface area contributed by atoms with Crippen LogP contribution < -0.4 is 15.8 Å². The van der Waals surface area contributed by atoms with Gasteiger partial charge in [0, 0.05) is 61.1 Å². The van der Waals surface area contributed by atoms with Crippen LogP contribution in [0.25, 0.3) is 67.1 Å². The number of hydrogen-bond acceptors (Lipinski definition) is 4. The lowest BCUT2D eigenvalue weighted by Gasteiger charge is -2.40. The summed E-state index contributed by atoms with van der Waals surface area (Å²) >= 11 is 0. The van der Waals surface area contributed by atoms with E-state index in [0.29, 0.717) is 17.5 Å². The molecule has 11 rings (SSSR count). The van der Waals surface area contributed by atoms with Crippen molar-refractivity contribution < 1.29 is 0 Å². The van der Waals surface area contributed by atoms with Crippen LogP contribution in [0.15, 0.2) is 170 Å². The molecular weight excluding hydrogens is 621 g/mol. The Balaban J connectivity index is 1.26. The zero-order valence-corrected chi connectivity index (χ0v) is 27.5. The standard InChI is InChI=1S/C45H28BN5/c1-4-15-29(16-5-1)43-47-44(30-17-6-2-7-18-30)49-45(48-43)31-27-36-35-23-14-22-34-33-21-10-12-25-38(33)51(42(34)35)46-37-24-11-13-26-39(37)50(40(28-31)41(36)46)32-19-8-3-9-20-32/h1-28H. The van der Waals surface area contributed by atoms with Gasteiger partial charge in [-0.3, -0.25) is 0 Å². The average Bonchev–Trinajstić information content (AvgIpc) is 3.55. The van der Waals surface area contributed by atoms with Gasteiger partial charge in [-0.25, -0.2) is 15.0 Å². The molecule has 4 heterocycles. The van der Waals surface area contributed by atoms with Gasteiger partial charge in [0.1, 0.15) is 0 Å². The molecule has 0 aliphatic carbocycles. The van der Waals surface area contributed by atoms with Crippen molar-refractivity contribution in [2.45, 2.75) is 0 Å². The van der Waals surface area contributed by atoms with Gasteiger partial charge in [-0.15, -0.1) is 0 Å². The second-order valence-corrected chi connectivity index (χ2v) is 13.2. The lowest BCUT2D eigenvalue weighted by atomic mass is 9.45. The van der Waals surface area contributed by atoms with Crippen LogP contribution in [0.2, 0.25) is 0 Å². The number of nitrogens with zero attached hydrogens (tertiary/aromatic N) is 5. The Morgan fingerprint density at radius 3 is 1.75 bits per heavy atom. The van der Waals surface area contributed by atoms with E-state index >= 15 is 0 Å². The van der Waals surface area contributed by atoms with Crippen LogP contribution in [-0.2, 0) is 0 Å². The predicted molar refractivity (Wildman–Crippen MR) is 210 cm³/mol. The number of hydrogen-bond donors (Lipinski definition) is 0. The number of rotatable bonds is 4. The van der Waals surface area contributed by atoms with Gasteiger partial charge in [-0.2, -0.15) is 0 Å². The van der Waals surface area contributed by atoms with Crippen molar-refractivity contribution in [2.24, 2.45) is 0 Å². The summed E-state index contributed by atoms with van der Waals surface area (Å²) in [6.07, 6.45) is 0. The van der Waals surface area contributed by atoms with Crippen molar-refractivity contribution in [3.8, 4) is 45.3 Å². The van der Waals surface area contributed by atoms with Gasteiger partial charge in [0.05, 0.1) is 0 Å². The van der Waals surface area contributed by atoms with Crippen molar-refractivity contribution in [2.75, 3.05) is 4.90 Å². The lowest BCUT2D eigenvalue weighted by molar-refractivity contribution is 1.07. The summed E-state index contributed by atoms with van der Waals surface area (Å²) in [4.78, 5) is 17.8. The second kappa shape index (κ2) is 10.9. The molecule has 2 aliphatic rings. The first-order valence-corrected chi connectivity index (χ1v) is 17.3. The van der Waals surface area contributed by atoms with Crippen LogP contribution in [0.3, 0.4) is 0 Å². The maximum Gasteiger partial charge on any atom is 0.333 e. The molecule has 0 radical (unpaired) electrons. The molecule has 236 valence electrons.